The number of pyridine rings is 1. The van der Waals surface area contributed by atoms with Crippen LogP contribution in [0.25, 0.3) is 0 Å². The lowest BCUT2D eigenvalue weighted by atomic mass is 9.96. The van der Waals surface area contributed by atoms with E-state index in [-0.39, 0.29) is 6.09 Å². The molecule has 1 saturated carbocycles. The van der Waals surface area contributed by atoms with Gasteiger partial charge in [0.05, 0.1) is 18.8 Å². The molecule has 2 fully saturated rings. The van der Waals surface area contributed by atoms with Crippen LogP contribution < -0.4 is 5.73 Å². The van der Waals surface area contributed by atoms with Gasteiger partial charge in [0.15, 0.2) is 0 Å². The molecule has 138 valence electrons. The molecule has 0 bridgehead atoms. The molecule has 1 unspecified atom stereocenters. The molecule has 1 aliphatic carbocycles. The maximum Gasteiger partial charge on any atom is 0.410 e. The van der Waals surface area contributed by atoms with Crippen LogP contribution in [0, 0.1) is 5.92 Å². The maximum atomic E-state index is 12.7. The summed E-state index contributed by atoms with van der Waals surface area (Å²) in [5.74, 6) is 1.38. The predicted molar refractivity (Wildman–Crippen MR) is 96.2 cm³/mol. The monoisotopic (exact) mass is 347 g/mol. The Balaban J connectivity index is 1.80. The van der Waals surface area contributed by atoms with E-state index in [1.807, 2.05) is 32.9 Å². The predicted octanol–water partition coefficient (Wildman–Crippen LogP) is 3.31. The summed E-state index contributed by atoms with van der Waals surface area (Å²) in [6.45, 7) is 8.29. The minimum absolute atomic E-state index is 0.280. The first-order valence-electron chi connectivity index (χ1n) is 9.13. The van der Waals surface area contributed by atoms with Crippen LogP contribution in [0.5, 0.6) is 0 Å². The first-order valence-corrected chi connectivity index (χ1v) is 9.13. The van der Waals surface area contributed by atoms with E-state index in [9.17, 15) is 4.79 Å². The molecule has 1 aromatic heterocycles. The van der Waals surface area contributed by atoms with Crippen LogP contribution in [-0.2, 0) is 16.0 Å². The van der Waals surface area contributed by atoms with E-state index < -0.39 is 5.60 Å². The van der Waals surface area contributed by atoms with Gasteiger partial charge in [0.2, 0.25) is 0 Å². The van der Waals surface area contributed by atoms with Gasteiger partial charge in [-0.15, -0.1) is 0 Å². The fraction of sp³-hybridized carbons (Fsp3) is 0.684. The smallest absolute Gasteiger partial charge is 0.410 e. The highest BCUT2D eigenvalue weighted by Crippen LogP contribution is 2.32. The Labute approximate surface area is 149 Å². The molecule has 25 heavy (non-hydrogen) atoms. The quantitative estimate of drug-likeness (QED) is 0.884. The lowest BCUT2D eigenvalue weighted by Gasteiger charge is -2.28. The summed E-state index contributed by atoms with van der Waals surface area (Å²) in [5.41, 5.74) is 7.40. The number of amides is 1. The Morgan fingerprint density at radius 3 is 2.72 bits per heavy atom. The van der Waals surface area contributed by atoms with Gasteiger partial charge in [-0.25, -0.2) is 9.78 Å². The van der Waals surface area contributed by atoms with Gasteiger partial charge < -0.3 is 20.1 Å². The third-order valence-electron chi connectivity index (χ3n) is 4.57. The SMILES string of the molecule is CC(C)(C)OC(=O)N(Cc1nc(N)ccc1C1CCOC1)CC1CC1. The van der Waals surface area contributed by atoms with Crippen molar-refractivity contribution in [3.63, 3.8) is 0 Å². The number of hydrogen-bond acceptors (Lipinski definition) is 5. The van der Waals surface area contributed by atoms with Crippen molar-refractivity contribution in [1.29, 1.82) is 0 Å². The maximum absolute atomic E-state index is 12.7. The van der Waals surface area contributed by atoms with Crippen molar-refractivity contribution < 1.29 is 14.3 Å². The summed E-state index contributed by atoms with van der Waals surface area (Å²) >= 11 is 0. The summed E-state index contributed by atoms with van der Waals surface area (Å²) in [5, 5.41) is 0. The van der Waals surface area contributed by atoms with Gasteiger partial charge in [0, 0.05) is 19.1 Å². The van der Waals surface area contributed by atoms with E-state index in [0.29, 0.717) is 37.4 Å². The van der Waals surface area contributed by atoms with Gasteiger partial charge in [-0.3, -0.25) is 0 Å². The number of aromatic nitrogens is 1. The van der Waals surface area contributed by atoms with Gasteiger partial charge in [0.25, 0.3) is 0 Å². The molecule has 1 saturated heterocycles. The molecular weight excluding hydrogens is 318 g/mol. The Bertz CT molecular complexity index is 617. The number of carbonyl (C=O) groups is 1. The van der Waals surface area contributed by atoms with Crippen molar-refractivity contribution in [2.75, 3.05) is 25.5 Å². The first-order chi connectivity index (χ1) is 11.8. The number of hydrogen-bond donors (Lipinski definition) is 1. The number of carbonyl (C=O) groups excluding carboxylic acids is 1. The molecular formula is C19H29N3O3. The van der Waals surface area contributed by atoms with Crippen LogP contribution in [0.1, 0.15) is 57.2 Å². The molecule has 0 aromatic carbocycles. The molecule has 1 aromatic rings. The molecule has 1 aliphatic heterocycles. The van der Waals surface area contributed by atoms with E-state index in [1.54, 1.807) is 4.90 Å². The lowest BCUT2D eigenvalue weighted by molar-refractivity contribution is 0.0221. The number of nitrogens with zero attached hydrogens (tertiary/aromatic N) is 2. The normalized spacial score (nSPS) is 20.5. The zero-order chi connectivity index (χ0) is 18.0. The van der Waals surface area contributed by atoms with E-state index in [1.165, 1.54) is 12.8 Å². The van der Waals surface area contributed by atoms with Gasteiger partial charge in [-0.2, -0.15) is 0 Å². The molecule has 3 rings (SSSR count). The second-order valence-corrected chi connectivity index (χ2v) is 8.14. The van der Waals surface area contributed by atoms with Crippen LogP contribution in [0.4, 0.5) is 10.6 Å². The summed E-state index contributed by atoms with van der Waals surface area (Å²) < 4.78 is 11.1. The van der Waals surface area contributed by atoms with Crippen LogP contribution >= 0.6 is 0 Å². The Morgan fingerprint density at radius 2 is 2.12 bits per heavy atom. The fourth-order valence-electron chi connectivity index (χ4n) is 3.13. The van der Waals surface area contributed by atoms with E-state index in [2.05, 4.69) is 4.98 Å². The minimum Gasteiger partial charge on any atom is -0.444 e. The van der Waals surface area contributed by atoms with Gasteiger partial charge in [-0.1, -0.05) is 6.07 Å². The molecule has 2 heterocycles. The van der Waals surface area contributed by atoms with Crippen LogP contribution in [0.15, 0.2) is 12.1 Å². The first kappa shape index (κ1) is 18.0. The molecule has 6 heteroatoms. The second kappa shape index (κ2) is 7.20. The Morgan fingerprint density at radius 1 is 1.36 bits per heavy atom. The Kier molecular flexibility index (Phi) is 5.18. The molecule has 0 spiro atoms. The summed E-state index contributed by atoms with van der Waals surface area (Å²) in [4.78, 5) is 19.0. The van der Waals surface area contributed by atoms with Crippen molar-refractivity contribution >= 4 is 11.9 Å². The number of nitrogens with two attached hydrogens (primary N) is 1. The average Bonchev–Trinajstić information content (AvgIpc) is 3.16. The van der Waals surface area contributed by atoms with Crippen LogP contribution in [0.2, 0.25) is 0 Å². The number of anilines is 1. The van der Waals surface area contributed by atoms with Gasteiger partial charge >= 0.3 is 6.09 Å². The lowest BCUT2D eigenvalue weighted by Crippen LogP contribution is -2.38. The minimum atomic E-state index is -0.510. The summed E-state index contributed by atoms with van der Waals surface area (Å²) in [7, 11) is 0. The molecule has 1 amide bonds. The third kappa shape index (κ3) is 5.08. The van der Waals surface area contributed by atoms with E-state index in [4.69, 9.17) is 15.2 Å². The largest absolute Gasteiger partial charge is 0.444 e. The molecule has 2 aliphatic rings. The molecule has 1 atom stereocenters. The third-order valence-corrected chi connectivity index (χ3v) is 4.57. The highest BCUT2D eigenvalue weighted by atomic mass is 16.6. The van der Waals surface area contributed by atoms with Crippen molar-refractivity contribution in [3.8, 4) is 0 Å². The Hall–Kier alpha value is -1.82. The summed E-state index contributed by atoms with van der Waals surface area (Å²) in [6, 6.07) is 3.86. The van der Waals surface area contributed by atoms with Crippen molar-refractivity contribution in [2.24, 2.45) is 5.92 Å². The average molecular weight is 347 g/mol. The highest BCUT2D eigenvalue weighted by molar-refractivity contribution is 5.68. The number of rotatable bonds is 5. The molecule has 6 nitrogen and oxygen atoms in total. The van der Waals surface area contributed by atoms with E-state index in [0.717, 1.165) is 24.3 Å². The van der Waals surface area contributed by atoms with Gasteiger partial charge in [0.1, 0.15) is 11.4 Å². The zero-order valence-corrected chi connectivity index (χ0v) is 15.5. The number of nitrogen functional groups attached to an aromatic ring is 1. The van der Waals surface area contributed by atoms with Crippen LogP contribution in [0.3, 0.4) is 0 Å². The highest BCUT2D eigenvalue weighted by Gasteiger charge is 2.31. The van der Waals surface area contributed by atoms with Crippen LogP contribution in [-0.4, -0.2) is 41.3 Å². The molecule has 2 N–H and O–H groups in total. The van der Waals surface area contributed by atoms with E-state index >= 15 is 0 Å². The number of ether oxygens (including phenoxy) is 2. The van der Waals surface area contributed by atoms with Crippen molar-refractivity contribution in [2.45, 2.75) is 58.1 Å². The van der Waals surface area contributed by atoms with Crippen molar-refractivity contribution in [3.05, 3.63) is 23.4 Å². The topological polar surface area (TPSA) is 77.7 Å². The molecule has 0 radical (unpaired) electrons. The standard InChI is InChI=1S/C19H29N3O3/c1-19(2,3)25-18(23)22(10-13-4-5-13)11-16-15(6-7-17(20)21-16)14-8-9-24-12-14/h6-7,13-14H,4-5,8-12H2,1-3H3,(H2,20,21). The second-order valence-electron chi connectivity index (χ2n) is 8.14. The van der Waals surface area contributed by atoms with Gasteiger partial charge in [-0.05, 0) is 57.6 Å². The summed E-state index contributed by atoms with van der Waals surface area (Å²) in [6.07, 6.45) is 3.05. The zero-order valence-electron chi connectivity index (χ0n) is 15.5. The van der Waals surface area contributed by atoms with Crippen molar-refractivity contribution in [1.82, 2.24) is 9.88 Å². The fourth-order valence-corrected chi connectivity index (χ4v) is 3.13.